The van der Waals surface area contributed by atoms with Crippen LogP contribution in [0, 0.1) is 6.92 Å². The van der Waals surface area contributed by atoms with Gasteiger partial charge in [0.2, 0.25) is 0 Å². The quantitative estimate of drug-likeness (QED) is 0.924. The molecule has 2 aromatic carbocycles. The van der Waals surface area contributed by atoms with E-state index >= 15 is 0 Å². The Balaban J connectivity index is 1.85. The molecule has 1 atom stereocenters. The number of nitrogens with one attached hydrogen (secondary N) is 1. The van der Waals surface area contributed by atoms with E-state index in [-0.39, 0.29) is 17.9 Å². The van der Waals surface area contributed by atoms with E-state index in [2.05, 4.69) is 10.2 Å². The van der Waals surface area contributed by atoms with Gasteiger partial charge in [-0.3, -0.25) is 9.59 Å². The number of anilines is 1. The first-order chi connectivity index (χ1) is 11.6. The molecule has 5 nitrogen and oxygen atoms in total. The Kier molecular flexibility index (Phi) is 3.30. The van der Waals surface area contributed by atoms with Gasteiger partial charge in [0, 0.05) is 18.5 Å². The van der Waals surface area contributed by atoms with Gasteiger partial charge in [-0.25, -0.2) is 0 Å². The summed E-state index contributed by atoms with van der Waals surface area (Å²) in [5.41, 5.74) is 4.03. The Bertz CT molecular complexity index is 845. The zero-order valence-corrected chi connectivity index (χ0v) is 13.6. The Hall–Kier alpha value is -2.82. The van der Waals surface area contributed by atoms with E-state index in [1.165, 1.54) is 0 Å². The fourth-order valence-corrected chi connectivity index (χ4v) is 3.60. The van der Waals surface area contributed by atoms with Crippen molar-refractivity contribution in [3.05, 3.63) is 58.7 Å². The molecule has 2 aliphatic heterocycles. The fraction of sp³-hybridized carbons (Fsp3) is 0.263. The normalized spacial score (nSPS) is 18.9. The minimum atomic E-state index is -0.273. The minimum absolute atomic E-state index is 0.100. The van der Waals surface area contributed by atoms with Crippen molar-refractivity contribution >= 4 is 17.4 Å². The molecule has 1 unspecified atom stereocenters. The lowest BCUT2D eigenvalue weighted by Crippen LogP contribution is -2.49. The van der Waals surface area contributed by atoms with E-state index in [0.29, 0.717) is 24.1 Å². The molecule has 0 spiro atoms. The maximum Gasteiger partial charge on any atom is 0.255 e. The highest BCUT2D eigenvalue weighted by atomic mass is 16.5. The Labute approximate surface area is 140 Å². The third-order valence-electron chi connectivity index (χ3n) is 4.80. The van der Waals surface area contributed by atoms with E-state index in [1.54, 1.807) is 19.2 Å². The Morgan fingerprint density at radius 1 is 1.17 bits per heavy atom. The van der Waals surface area contributed by atoms with Gasteiger partial charge in [0.1, 0.15) is 11.9 Å². The molecule has 5 heteroatoms. The van der Waals surface area contributed by atoms with Gasteiger partial charge in [-0.2, -0.15) is 0 Å². The molecule has 0 saturated heterocycles. The third kappa shape index (κ3) is 2.08. The number of amides is 1. The van der Waals surface area contributed by atoms with Gasteiger partial charge in [0.25, 0.3) is 5.91 Å². The molecule has 0 bridgehead atoms. The van der Waals surface area contributed by atoms with Crippen molar-refractivity contribution in [1.82, 2.24) is 5.32 Å². The number of carbonyl (C=O) groups excluding carboxylic acids is 2. The molecule has 1 amide bonds. The van der Waals surface area contributed by atoms with Crippen molar-refractivity contribution in [2.75, 3.05) is 18.6 Å². The minimum Gasteiger partial charge on any atom is -0.497 e. The molecule has 0 aromatic heterocycles. The molecule has 24 heavy (non-hydrogen) atoms. The van der Waals surface area contributed by atoms with E-state index in [1.807, 2.05) is 31.2 Å². The van der Waals surface area contributed by atoms with Crippen LogP contribution in [0.1, 0.15) is 44.4 Å². The molecule has 2 aliphatic rings. The van der Waals surface area contributed by atoms with Crippen LogP contribution in [0.2, 0.25) is 0 Å². The molecule has 2 aromatic rings. The van der Waals surface area contributed by atoms with E-state index in [9.17, 15) is 9.59 Å². The number of hydrogen-bond donors (Lipinski definition) is 1. The number of hydrogen-bond acceptors (Lipinski definition) is 4. The van der Waals surface area contributed by atoms with Crippen LogP contribution in [0.15, 0.2) is 36.4 Å². The van der Waals surface area contributed by atoms with Crippen LogP contribution in [0.5, 0.6) is 5.75 Å². The summed E-state index contributed by atoms with van der Waals surface area (Å²) in [7, 11) is 1.63. The Morgan fingerprint density at radius 3 is 2.71 bits per heavy atom. The highest BCUT2D eigenvalue weighted by Crippen LogP contribution is 2.40. The van der Waals surface area contributed by atoms with Gasteiger partial charge in [-0.05, 0) is 42.3 Å². The van der Waals surface area contributed by atoms with Gasteiger partial charge in [0.05, 0.1) is 18.4 Å². The van der Waals surface area contributed by atoms with Crippen molar-refractivity contribution in [2.45, 2.75) is 19.5 Å². The summed E-state index contributed by atoms with van der Waals surface area (Å²) in [6.07, 6.45) is 0.183. The molecule has 0 fully saturated rings. The number of Topliss-reactive ketones (excluding diaryl/α,β-unsaturated/α-hetero) is 1. The number of ketones is 1. The van der Waals surface area contributed by atoms with Crippen molar-refractivity contribution in [2.24, 2.45) is 0 Å². The summed E-state index contributed by atoms with van der Waals surface area (Å²) in [5, 5.41) is 3.08. The van der Waals surface area contributed by atoms with Crippen molar-refractivity contribution in [3.8, 4) is 5.75 Å². The summed E-state index contributed by atoms with van der Waals surface area (Å²) >= 11 is 0. The SMILES string of the molecule is COc1ccc(C2NC(=O)c3cccc4c3N2CCC4=O)c(C)c1. The first-order valence-corrected chi connectivity index (χ1v) is 7.98. The molecule has 0 aliphatic carbocycles. The summed E-state index contributed by atoms with van der Waals surface area (Å²) in [6.45, 7) is 2.60. The summed E-state index contributed by atoms with van der Waals surface area (Å²) in [4.78, 5) is 27.0. The molecular weight excluding hydrogens is 304 g/mol. The van der Waals surface area contributed by atoms with Crippen LogP contribution >= 0.6 is 0 Å². The van der Waals surface area contributed by atoms with E-state index in [4.69, 9.17) is 4.74 Å². The van der Waals surface area contributed by atoms with Crippen LogP contribution in [-0.2, 0) is 0 Å². The number of nitrogens with zero attached hydrogens (tertiary/aromatic N) is 1. The maximum atomic E-state index is 12.6. The molecule has 122 valence electrons. The monoisotopic (exact) mass is 322 g/mol. The van der Waals surface area contributed by atoms with Crippen LogP contribution in [0.3, 0.4) is 0 Å². The average Bonchev–Trinajstić information content (AvgIpc) is 2.60. The number of carbonyl (C=O) groups is 2. The lowest BCUT2D eigenvalue weighted by molar-refractivity contribution is 0.0921. The van der Waals surface area contributed by atoms with Crippen molar-refractivity contribution in [3.63, 3.8) is 0 Å². The van der Waals surface area contributed by atoms with E-state index < -0.39 is 0 Å². The van der Waals surface area contributed by atoms with Crippen LogP contribution < -0.4 is 15.0 Å². The largest absolute Gasteiger partial charge is 0.497 e. The summed E-state index contributed by atoms with van der Waals surface area (Å²) in [6, 6.07) is 11.2. The summed E-state index contributed by atoms with van der Waals surface area (Å²) in [5.74, 6) is 0.745. The second kappa shape index (κ2) is 5.37. The zero-order chi connectivity index (χ0) is 16.8. The number of ether oxygens (including phenoxy) is 1. The smallest absolute Gasteiger partial charge is 0.255 e. The molecule has 0 saturated carbocycles. The number of methoxy groups -OCH3 is 1. The first kappa shape index (κ1) is 14.8. The predicted octanol–water partition coefficient (Wildman–Crippen LogP) is 2.84. The van der Waals surface area contributed by atoms with Gasteiger partial charge in [-0.15, -0.1) is 0 Å². The highest BCUT2D eigenvalue weighted by Gasteiger charge is 2.37. The Morgan fingerprint density at radius 2 is 1.96 bits per heavy atom. The van der Waals surface area contributed by atoms with Gasteiger partial charge >= 0.3 is 0 Å². The molecule has 1 N–H and O–H groups in total. The van der Waals surface area contributed by atoms with Crippen LogP contribution in [0.4, 0.5) is 5.69 Å². The standard InChI is InChI=1S/C19H18N2O3/c1-11-10-12(24-2)6-7-13(11)18-20-19(23)15-5-3-4-14-16(22)8-9-21(18)17(14)15/h3-7,10,18H,8-9H2,1-2H3,(H,20,23). The van der Waals surface area contributed by atoms with Crippen molar-refractivity contribution in [1.29, 1.82) is 0 Å². The van der Waals surface area contributed by atoms with Crippen LogP contribution in [0.25, 0.3) is 0 Å². The molecule has 4 rings (SSSR count). The zero-order valence-electron chi connectivity index (χ0n) is 13.6. The molecule has 2 heterocycles. The van der Waals surface area contributed by atoms with Crippen molar-refractivity contribution < 1.29 is 14.3 Å². The van der Waals surface area contributed by atoms with Gasteiger partial charge in [0.15, 0.2) is 5.78 Å². The first-order valence-electron chi connectivity index (χ1n) is 7.98. The second-order valence-electron chi connectivity index (χ2n) is 6.17. The highest BCUT2D eigenvalue weighted by molar-refractivity contribution is 6.11. The number of para-hydroxylation sites is 1. The fourth-order valence-electron chi connectivity index (χ4n) is 3.60. The average molecular weight is 322 g/mol. The maximum absolute atomic E-state index is 12.6. The number of benzene rings is 2. The lowest BCUT2D eigenvalue weighted by atomic mass is 9.91. The third-order valence-corrected chi connectivity index (χ3v) is 4.80. The second-order valence-corrected chi connectivity index (χ2v) is 6.17. The lowest BCUT2D eigenvalue weighted by Gasteiger charge is -2.42. The van der Waals surface area contributed by atoms with Gasteiger partial charge in [-0.1, -0.05) is 12.1 Å². The van der Waals surface area contributed by atoms with Gasteiger partial charge < -0.3 is 15.0 Å². The summed E-state index contributed by atoms with van der Waals surface area (Å²) < 4.78 is 5.27. The predicted molar refractivity (Wildman–Crippen MR) is 90.7 cm³/mol. The number of rotatable bonds is 2. The molecule has 0 radical (unpaired) electrons. The molecular formula is C19H18N2O3. The topological polar surface area (TPSA) is 58.6 Å². The van der Waals surface area contributed by atoms with E-state index in [0.717, 1.165) is 22.6 Å². The van der Waals surface area contributed by atoms with Crippen LogP contribution in [-0.4, -0.2) is 25.3 Å². The number of aryl methyl sites for hydroxylation is 1.